The van der Waals surface area contributed by atoms with Crippen molar-refractivity contribution in [1.29, 1.82) is 0 Å². The van der Waals surface area contributed by atoms with E-state index in [0.717, 1.165) is 19.3 Å². The van der Waals surface area contributed by atoms with Crippen LogP contribution >= 0.6 is 11.8 Å². The van der Waals surface area contributed by atoms with Crippen LogP contribution in [0.3, 0.4) is 0 Å². The van der Waals surface area contributed by atoms with Gasteiger partial charge in [-0.05, 0) is 43.4 Å². The largest absolute Gasteiger partial charge is 0.311 e. The van der Waals surface area contributed by atoms with Gasteiger partial charge in [0.25, 0.3) is 0 Å². The van der Waals surface area contributed by atoms with Crippen LogP contribution in [0.2, 0.25) is 0 Å². The average molecular weight is 352 g/mol. The first-order valence-electron chi connectivity index (χ1n) is 9.07. The standard InChI is InChI=1S/C22H25NOS/c1-2-22(24)23(17-18-11-5-3-6-12-18)20-15-9-10-16-21(20)25-19-13-7-4-8-14-19/h3-8,11-14H,2,9-10,15-17H2,1H3. The molecule has 0 atom stereocenters. The third-order valence-corrected chi connectivity index (χ3v) is 5.68. The van der Waals surface area contributed by atoms with Crippen molar-refractivity contribution >= 4 is 17.7 Å². The molecule has 130 valence electrons. The van der Waals surface area contributed by atoms with Crippen LogP contribution in [-0.4, -0.2) is 10.8 Å². The zero-order valence-corrected chi connectivity index (χ0v) is 15.6. The molecular formula is C22H25NOS. The summed E-state index contributed by atoms with van der Waals surface area (Å²) in [4.78, 5) is 17.3. The molecule has 0 unspecified atom stereocenters. The maximum atomic E-state index is 12.7. The Hall–Kier alpha value is -2.00. The molecule has 0 N–H and O–H groups in total. The average Bonchev–Trinajstić information content (AvgIpc) is 2.68. The zero-order chi connectivity index (χ0) is 17.5. The van der Waals surface area contributed by atoms with E-state index >= 15 is 0 Å². The Morgan fingerprint density at radius 1 is 0.960 bits per heavy atom. The Balaban J connectivity index is 1.91. The molecule has 0 spiro atoms. The number of amides is 1. The number of hydrogen-bond donors (Lipinski definition) is 0. The summed E-state index contributed by atoms with van der Waals surface area (Å²) in [5.41, 5.74) is 2.42. The smallest absolute Gasteiger partial charge is 0.226 e. The molecule has 0 heterocycles. The summed E-state index contributed by atoms with van der Waals surface area (Å²) in [6.07, 6.45) is 4.97. The van der Waals surface area contributed by atoms with Gasteiger partial charge in [-0.25, -0.2) is 0 Å². The highest BCUT2D eigenvalue weighted by atomic mass is 32.2. The van der Waals surface area contributed by atoms with E-state index in [0.29, 0.717) is 13.0 Å². The van der Waals surface area contributed by atoms with Gasteiger partial charge in [-0.15, -0.1) is 0 Å². The minimum atomic E-state index is 0.215. The lowest BCUT2D eigenvalue weighted by molar-refractivity contribution is -0.129. The van der Waals surface area contributed by atoms with Crippen LogP contribution in [0, 0.1) is 0 Å². The summed E-state index contributed by atoms with van der Waals surface area (Å²) in [6, 6.07) is 20.8. The lowest BCUT2D eigenvalue weighted by Crippen LogP contribution is -2.31. The first-order valence-corrected chi connectivity index (χ1v) is 9.88. The van der Waals surface area contributed by atoms with E-state index in [4.69, 9.17) is 0 Å². The van der Waals surface area contributed by atoms with Gasteiger partial charge in [-0.1, -0.05) is 67.2 Å². The second-order valence-electron chi connectivity index (χ2n) is 6.31. The Bertz CT molecular complexity index is 724. The van der Waals surface area contributed by atoms with Gasteiger partial charge in [0, 0.05) is 21.9 Å². The monoisotopic (exact) mass is 351 g/mol. The minimum Gasteiger partial charge on any atom is -0.311 e. The molecule has 0 aromatic heterocycles. The van der Waals surface area contributed by atoms with Gasteiger partial charge in [0.2, 0.25) is 5.91 Å². The summed E-state index contributed by atoms with van der Waals surface area (Å²) < 4.78 is 0. The van der Waals surface area contributed by atoms with Crippen molar-refractivity contribution in [2.24, 2.45) is 0 Å². The summed E-state index contributed by atoms with van der Waals surface area (Å²) in [5, 5.41) is 0. The molecule has 1 amide bonds. The van der Waals surface area contributed by atoms with E-state index in [9.17, 15) is 4.79 Å². The van der Waals surface area contributed by atoms with Crippen molar-refractivity contribution in [3.8, 4) is 0 Å². The van der Waals surface area contributed by atoms with E-state index in [-0.39, 0.29) is 5.91 Å². The first kappa shape index (κ1) is 17.8. The van der Waals surface area contributed by atoms with Crippen molar-refractivity contribution in [2.45, 2.75) is 50.5 Å². The zero-order valence-electron chi connectivity index (χ0n) is 14.8. The summed E-state index contributed by atoms with van der Waals surface area (Å²) in [6.45, 7) is 2.62. The maximum absolute atomic E-state index is 12.7. The first-order chi connectivity index (χ1) is 12.3. The summed E-state index contributed by atoms with van der Waals surface area (Å²) >= 11 is 1.83. The Morgan fingerprint density at radius 2 is 1.60 bits per heavy atom. The lowest BCUT2D eigenvalue weighted by atomic mass is 10.0. The normalized spacial score (nSPS) is 14.4. The van der Waals surface area contributed by atoms with E-state index in [1.807, 2.05) is 47.9 Å². The molecule has 25 heavy (non-hydrogen) atoms. The quantitative estimate of drug-likeness (QED) is 0.636. The van der Waals surface area contributed by atoms with Crippen LogP contribution in [0.5, 0.6) is 0 Å². The van der Waals surface area contributed by atoms with Crippen molar-refractivity contribution in [3.05, 3.63) is 76.8 Å². The number of carbonyl (C=O) groups excluding carboxylic acids is 1. The van der Waals surface area contributed by atoms with E-state index in [2.05, 4.69) is 36.4 Å². The molecule has 3 heteroatoms. The molecule has 0 fully saturated rings. The Morgan fingerprint density at radius 3 is 2.28 bits per heavy atom. The fourth-order valence-corrected chi connectivity index (χ4v) is 4.33. The van der Waals surface area contributed by atoms with E-state index in [1.165, 1.54) is 27.5 Å². The van der Waals surface area contributed by atoms with Crippen LogP contribution in [0.1, 0.15) is 44.6 Å². The molecule has 0 aliphatic heterocycles. The van der Waals surface area contributed by atoms with Crippen LogP contribution < -0.4 is 0 Å². The highest BCUT2D eigenvalue weighted by Gasteiger charge is 2.23. The second kappa shape index (κ2) is 8.91. The SMILES string of the molecule is CCC(=O)N(Cc1ccccc1)C1=C(Sc2ccccc2)CCCC1. The molecule has 2 nitrogen and oxygen atoms in total. The third-order valence-electron chi connectivity index (χ3n) is 4.49. The van der Waals surface area contributed by atoms with E-state index in [1.54, 1.807) is 0 Å². The molecule has 2 aromatic carbocycles. The predicted octanol–water partition coefficient (Wildman–Crippen LogP) is 6.00. The van der Waals surface area contributed by atoms with Gasteiger partial charge >= 0.3 is 0 Å². The van der Waals surface area contributed by atoms with Gasteiger partial charge in [-0.2, -0.15) is 0 Å². The van der Waals surface area contributed by atoms with Gasteiger partial charge in [0.05, 0.1) is 6.54 Å². The van der Waals surface area contributed by atoms with Gasteiger partial charge in [-0.3, -0.25) is 4.79 Å². The Kier molecular flexibility index (Phi) is 6.35. The van der Waals surface area contributed by atoms with Crippen molar-refractivity contribution in [2.75, 3.05) is 0 Å². The van der Waals surface area contributed by atoms with Crippen LogP contribution in [0.25, 0.3) is 0 Å². The molecule has 3 rings (SSSR count). The fourth-order valence-electron chi connectivity index (χ4n) is 3.18. The topological polar surface area (TPSA) is 20.3 Å². The molecule has 2 aromatic rings. The fraction of sp³-hybridized carbons (Fsp3) is 0.318. The van der Waals surface area contributed by atoms with E-state index < -0.39 is 0 Å². The molecule has 1 aliphatic rings. The second-order valence-corrected chi connectivity index (χ2v) is 7.48. The van der Waals surface area contributed by atoms with Crippen molar-refractivity contribution in [1.82, 2.24) is 4.90 Å². The highest BCUT2D eigenvalue weighted by molar-refractivity contribution is 8.03. The maximum Gasteiger partial charge on any atom is 0.226 e. The predicted molar refractivity (Wildman–Crippen MR) is 105 cm³/mol. The summed E-state index contributed by atoms with van der Waals surface area (Å²) in [7, 11) is 0. The molecule has 0 bridgehead atoms. The number of allylic oxidation sites excluding steroid dienone is 2. The minimum absolute atomic E-state index is 0.215. The van der Waals surface area contributed by atoms with Gasteiger partial charge in [0.1, 0.15) is 0 Å². The summed E-state index contributed by atoms with van der Waals surface area (Å²) in [5.74, 6) is 0.215. The van der Waals surface area contributed by atoms with Gasteiger partial charge in [0.15, 0.2) is 0 Å². The number of carbonyl (C=O) groups is 1. The highest BCUT2D eigenvalue weighted by Crippen LogP contribution is 2.39. The van der Waals surface area contributed by atoms with Crippen molar-refractivity contribution in [3.63, 3.8) is 0 Å². The molecule has 0 radical (unpaired) electrons. The van der Waals surface area contributed by atoms with Crippen molar-refractivity contribution < 1.29 is 4.79 Å². The third kappa shape index (κ3) is 4.76. The Labute approximate surface area is 154 Å². The molecule has 0 saturated heterocycles. The molecule has 1 aliphatic carbocycles. The number of rotatable bonds is 6. The molecular weight excluding hydrogens is 326 g/mol. The number of thioether (sulfide) groups is 1. The van der Waals surface area contributed by atoms with Crippen LogP contribution in [0.15, 0.2) is 76.2 Å². The number of benzene rings is 2. The lowest BCUT2D eigenvalue weighted by Gasteiger charge is -2.31. The van der Waals surface area contributed by atoms with Gasteiger partial charge < -0.3 is 4.90 Å². The van der Waals surface area contributed by atoms with Crippen LogP contribution in [0.4, 0.5) is 0 Å². The number of hydrogen-bond acceptors (Lipinski definition) is 2. The number of nitrogens with zero attached hydrogens (tertiary/aromatic N) is 1. The van der Waals surface area contributed by atoms with Crippen LogP contribution in [-0.2, 0) is 11.3 Å². The molecule has 0 saturated carbocycles.